The van der Waals surface area contributed by atoms with Crippen LogP contribution in [0.2, 0.25) is 0 Å². The molecule has 0 radical (unpaired) electrons. The van der Waals surface area contributed by atoms with Crippen molar-refractivity contribution >= 4 is 0 Å². The highest BCUT2D eigenvalue weighted by Crippen LogP contribution is 2.23. The molecule has 1 unspecified atom stereocenters. The number of rotatable bonds is 3. The zero-order valence-electron chi connectivity index (χ0n) is 10.2. The van der Waals surface area contributed by atoms with Gasteiger partial charge in [-0.2, -0.15) is 13.2 Å². The van der Waals surface area contributed by atoms with Crippen LogP contribution in [-0.2, 0) is 11.3 Å². The van der Waals surface area contributed by atoms with Gasteiger partial charge < -0.3 is 10.5 Å². The minimum atomic E-state index is -4.46. The molecule has 1 atom stereocenters. The Morgan fingerprint density at radius 1 is 1.37 bits per heavy atom. The maximum Gasteiger partial charge on any atom is 0.414 e. The maximum atomic E-state index is 13.6. The number of hydrogen-bond acceptors (Lipinski definition) is 2. The molecule has 1 rings (SSSR count). The molecule has 0 saturated heterocycles. The summed E-state index contributed by atoms with van der Waals surface area (Å²) in [5, 5.41) is 0. The Hall–Kier alpha value is -1.58. The largest absolute Gasteiger partial charge is 0.414 e. The van der Waals surface area contributed by atoms with E-state index in [0.29, 0.717) is 5.56 Å². The third kappa shape index (κ3) is 4.89. The van der Waals surface area contributed by atoms with Gasteiger partial charge in [-0.1, -0.05) is 17.9 Å². The summed E-state index contributed by atoms with van der Waals surface area (Å²) in [4.78, 5) is 0. The second-order valence-corrected chi connectivity index (χ2v) is 3.81. The predicted octanol–water partition coefficient (Wildman–Crippen LogP) is 2.60. The van der Waals surface area contributed by atoms with Gasteiger partial charge in [-0.05, 0) is 19.1 Å². The van der Waals surface area contributed by atoms with E-state index < -0.39 is 24.7 Å². The van der Waals surface area contributed by atoms with E-state index in [1.165, 1.54) is 12.1 Å². The van der Waals surface area contributed by atoms with Crippen molar-refractivity contribution in [3.63, 3.8) is 0 Å². The lowest BCUT2D eigenvalue weighted by atomic mass is 10.1. The Morgan fingerprint density at radius 2 is 2.05 bits per heavy atom. The number of benzene rings is 1. The molecule has 0 heterocycles. The monoisotopic (exact) mass is 275 g/mol. The smallest absolute Gasteiger partial charge is 0.364 e. The van der Waals surface area contributed by atoms with E-state index in [4.69, 9.17) is 5.73 Å². The molecule has 1 aromatic rings. The molecule has 0 saturated carbocycles. The van der Waals surface area contributed by atoms with E-state index >= 15 is 0 Å². The average Bonchev–Trinajstić information content (AvgIpc) is 2.33. The Kier molecular flexibility index (Phi) is 5.33. The summed E-state index contributed by atoms with van der Waals surface area (Å²) < 4.78 is 54.8. The Balaban J connectivity index is 2.70. The maximum absolute atomic E-state index is 13.6. The molecule has 0 aliphatic heterocycles. The van der Waals surface area contributed by atoms with Gasteiger partial charge >= 0.3 is 6.18 Å². The quantitative estimate of drug-likeness (QED) is 0.680. The van der Waals surface area contributed by atoms with Crippen LogP contribution in [0.3, 0.4) is 0 Å². The molecule has 0 bridgehead atoms. The van der Waals surface area contributed by atoms with Crippen LogP contribution in [0.4, 0.5) is 17.6 Å². The van der Waals surface area contributed by atoms with Crippen LogP contribution in [0, 0.1) is 17.7 Å². The molecule has 0 spiro atoms. The van der Waals surface area contributed by atoms with Gasteiger partial charge in [0.05, 0.1) is 13.2 Å². The summed E-state index contributed by atoms with van der Waals surface area (Å²) in [5.74, 6) is 4.52. The Labute approximate surface area is 108 Å². The van der Waals surface area contributed by atoms with Crippen LogP contribution in [0.5, 0.6) is 0 Å². The minimum Gasteiger partial charge on any atom is -0.364 e. The van der Waals surface area contributed by atoms with Gasteiger partial charge in [0.25, 0.3) is 0 Å². The first-order valence-corrected chi connectivity index (χ1v) is 5.50. The lowest BCUT2D eigenvalue weighted by Crippen LogP contribution is -2.28. The van der Waals surface area contributed by atoms with Crippen molar-refractivity contribution < 1.29 is 22.3 Å². The molecule has 2 nitrogen and oxygen atoms in total. The summed E-state index contributed by atoms with van der Waals surface area (Å²) in [7, 11) is 0. The lowest BCUT2D eigenvalue weighted by molar-refractivity contribution is -0.217. The predicted molar refractivity (Wildman–Crippen MR) is 62.6 cm³/mol. The summed E-state index contributed by atoms with van der Waals surface area (Å²) in [5.41, 5.74) is 5.64. The van der Waals surface area contributed by atoms with Crippen molar-refractivity contribution in [2.24, 2.45) is 5.73 Å². The van der Waals surface area contributed by atoms with Crippen molar-refractivity contribution in [3.05, 3.63) is 35.1 Å². The molecule has 2 N–H and O–H groups in total. The highest BCUT2D eigenvalue weighted by atomic mass is 19.4. The van der Waals surface area contributed by atoms with Crippen molar-refractivity contribution in [3.8, 4) is 11.8 Å². The molecule has 0 aliphatic rings. The number of nitrogens with two attached hydrogens (primary N) is 1. The average molecular weight is 275 g/mol. The number of ether oxygens (including phenoxy) is 1. The molecule has 0 fully saturated rings. The van der Waals surface area contributed by atoms with Gasteiger partial charge in [0.2, 0.25) is 0 Å². The summed E-state index contributed by atoms with van der Waals surface area (Å²) in [6.45, 7) is 0.575. The van der Waals surface area contributed by atoms with Gasteiger partial charge in [-0.15, -0.1) is 0 Å². The molecule has 0 aliphatic carbocycles. The topological polar surface area (TPSA) is 35.2 Å². The second kappa shape index (κ2) is 6.55. The van der Waals surface area contributed by atoms with Crippen molar-refractivity contribution in [2.45, 2.75) is 25.8 Å². The molecular weight excluding hydrogens is 262 g/mol. The molecule has 1 aromatic carbocycles. The normalized spacial score (nSPS) is 12.7. The van der Waals surface area contributed by atoms with E-state index in [0.717, 1.165) is 13.0 Å². The summed E-state index contributed by atoms with van der Waals surface area (Å²) >= 11 is 0. The summed E-state index contributed by atoms with van der Waals surface area (Å²) in [6.07, 6.45) is -6.40. The minimum absolute atomic E-state index is 0.0504. The van der Waals surface area contributed by atoms with E-state index in [1.807, 2.05) is 0 Å². The van der Waals surface area contributed by atoms with Gasteiger partial charge in [-0.25, -0.2) is 4.39 Å². The van der Waals surface area contributed by atoms with E-state index in [1.54, 1.807) is 0 Å². The fourth-order valence-corrected chi connectivity index (χ4v) is 1.20. The Bertz CT molecular complexity index is 488. The lowest BCUT2D eigenvalue weighted by Gasteiger charge is -2.16. The molecule has 104 valence electrons. The van der Waals surface area contributed by atoms with Gasteiger partial charge in [0.1, 0.15) is 5.82 Å². The standard InChI is InChI=1S/C13H13F4NO/c1-9(13(15,16)17)19-8-11-5-4-10(3-2-6-18)7-12(11)14/h4-5,7,9H,6,8,18H2,1H3. The van der Waals surface area contributed by atoms with Crippen LogP contribution < -0.4 is 5.73 Å². The zero-order valence-corrected chi connectivity index (χ0v) is 10.2. The van der Waals surface area contributed by atoms with Crippen LogP contribution in [-0.4, -0.2) is 18.8 Å². The highest BCUT2D eigenvalue weighted by molar-refractivity contribution is 5.37. The Morgan fingerprint density at radius 3 is 2.58 bits per heavy atom. The second-order valence-electron chi connectivity index (χ2n) is 3.81. The zero-order chi connectivity index (χ0) is 14.5. The first-order chi connectivity index (χ1) is 8.84. The van der Waals surface area contributed by atoms with E-state index in [2.05, 4.69) is 16.6 Å². The van der Waals surface area contributed by atoms with E-state index in [-0.39, 0.29) is 12.1 Å². The van der Waals surface area contributed by atoms with Crippen LogP contribution in [0.1, 0.15) is 18.1 Å². The molecule has 0 amide bonds. The fraction of sp³-hybridized carbons (Fsp3) is 0.385. The highest BCUT2D eigenvalue weighted by Gasteiger charge is 2.36. The summed E-state index contributed by atoms with van der Waals surface area (Å²) in [6, 6.07) is 3.99. The molecule has 6 heteroatoms. The van der Waals surface area contributed by atoms with Crippen molar-refractivity contribution in [1.29, 1.82) is 0 Å². The fourth-order valence-electron chi connectivity index (χ4n) is 1.20. The van der Waals surface area contributed by atoms with Crippen LogP contribution in [0.15, 0.2) is 18.2 Å². The first-order valence-electron chi connectivity index (χ1n) is 5.50. The first kappa shape index (κ1) is 15.5. The number of halogens is 4. The van der Waals surface area contributed by atoms with Crippen molar-refractivity contribution in [2.75, 3.05) is 6.54 Å². The molecule has 0 aromatic heterocycles. The van der Waals surface area contributed by atoms with Gasteiger partial charge in [0, 0.05) is 11.1 Å². The number of hydrogen-bond donors (Lipinski definition) is 1. The van der Waals surface area contributed by atoms with Crippen molar-refractivity contribution in [1.82, 2.24) is 0 Å². The van der Waals surface area contributed by atoms with Gasteiger partial charge in [0.15, 0.2) is 6.10 Å². The molecular formula is C13H13F4NO. The van der Waals surface area contributed by atoms with Gasteiger partial charge in [-0.3, -0.25) is 0 Å². The number of alkyl halides is 3. The van der Waals surface area contributed by atoms with Crippen LogP contribution in [0.25, 0.3) is 0 Å². The van der Waals surface area contributed by atoms with Crippen LogP contribution >= 0.6 is 0 Å². The third-order valence-electron chi connectivity index (χ3n) is 2.34. The molecule has 19 heavy (non-hydrogen) atoms. The third-order valence-corrected chi connectivity index (χ3v) is 2.34. The van der Waals surface area contributed by atoms with E-state index in [9.17, 15) is 17.6 Å². The SMILES string of the molecule is CC(OCc1ccc(C#CCN)cc1F)C(F)(F)F.